The van der Waals surface area contributed by atoms with E-state index in [1.807, 2.05) is 6.92 Å². The third-order valence-corrected chi connectivity index (χ3v) is 1.75. The van der Waals surface area contributed by atoms with Crippen LogP contribution >= 0.6 is 0 Å². The van der Waals surface area contributed by atoms with Crippen molar-refractivity contribution in [1.82, 2.24) is 0 Å². The van der Waals surface area contributed by atoms with Gasteiger partial charge in [0, 0.05) is 0 Å². The predicted molar refractivity (Wildman–Crippen MR) is 33.7 cm³/mol. The van der Waals surface area contributed by atoms with E-state index < -0.39 is 0 Å². The minimum Gasteiger partial charge on any atom is -0.394 e. The molecule has 0 aromatic heterocycles. The van der Waals surface area contributed by atoms with Crippen LogP contribution in [0.25, 0.3) is 0 Å². The molecule has 1 rings (SSSR count). The highest BCUT2D eigenvalue weighted by Crippen LogP contribution is 2.21. The first-order chi connectivity index (χ1) is 4.24. The van der Waals surface area contributed by atoms with Crippen LogP contribution in [-0.4, -0.2) is 24.0 Å². The Morgan fingerprint density at radius 1 is 1.78 bits per heavy atom. The summed E-state index contributed by atoms with van der Waals surface area (Å²) in [6.07, 6.45) is 0.703. The summed E-state index contributed by atoms with van der Waals surface area (Å²) in [4.78, 5) is 0. The Balaban J connectivity index is 2.35. The van der Waals surface area contributed by atoms with E-state index >= 15 is 0 Å². The van der Waals surface area contributed by atoms with E-state index in [1.54, 1.807) is 0 Å². The Hall–Kier alpha value is -0.120. The molecular weight excluding hydrogens is 118 g/mol. The zero-order valence-electron chi connectivity index (χ0n) is 5.58. The van der Waals surface area contributed by atoms with Crippen molar-refractivity contribution in [3.63, 3.8) is 0 Å². The van der Waals surface area contributed by atoms with Gasteiger partial charge in [-0.05, 0) is 12.3 Å². The SMILES string of the molecule is C[C@H]1C[C@@H](CO)O[C@H]1N. The summed E-state index contributed by atoms with van der Waals surface area (Å²) in [5.74, 6) is 0.391. The van der Waals surface area contributed by atoms with Gasteiger partial charge >= 0.3 is 0 Å². The summed E-state index contributed by atoms with van der Waals surface area (Å²) >= 11 is 0. The fourth-order valence-corrected chi connectivity index (χ4v) is 1.08. The van der Waals surface area contributed by atoms with E-state index in [4.69, 9.17) is 15.6 Å². The van der Waals surface area contributed by atoms with Crippen LogP contribution in [0.4, 0.5) is 0 Å². The Labute approximate surface area is 54.8 Å². The topological polar surface area (TPSA) is 55.5 Å². The minimum atomic E-state index is -0.165. The number of ether oxygens (including phenoxy) is 1. The molecule has 0 unspecified atom stereocenters. The summed E-state index contributed by atoms with van der Waals surface area (Å²) in [7, 11) is 0. The highest BCUT2D eigenvalue weighted by molar-refractivity contribution is 4.74. The van der Waals surface area contributed by atoms with Crippen molar-refractivity contribution in [3.05, 3.63) is 0 Å². The van der Waals surface area contributed by atoms with Gasteiger partial charge in [0.15, 0.2) is 0 Å². The molecule has 3 N–H and O–H groups in total. The Morgan fingerprint density at radius 2 is 2.44 bits per heavy atom. The van der Waals surface area contributed by atoms with Gasteiger partial charge in [-0.15, -0.1) is 0 Å². The van der Waals surface area contributed by atoms with Crippen LogP contribution in [0.2, 0.25) is 0 Å². The molecule has 1 aliphatic rings. The lowest BCUT2D eigenvalue weighted by molar-refractivity contribution is 0.00941. The molecule has 9 heavy (non-hydrogen) atoms. The molecule has 0 bridgehead atoms. The molecular formula is C6H13NO2. The highest BCUT2D eigenvalue weighted by Gasteiger charge is 2.28. The number of nitrogens with two attached hydrogens (primary N) is 1. The third-order valence-electron chi connectivity index (χ3n) is 1.75. The first-order valence-corrected chi connectivity index (χ1v) is 3.26. The zero-order valence-corrected chi connectivity index (χ0v) is 5.58. The van der Waals surface area contributed by atoms with E-state index in [0.717, 1.165) is 6.42 Å². The molecule has 1 fully saturated rings. The van der Waals surface area contributed by atoms with Crippen molar-refractivity contribution in [1.29, 1.82) is 0 Å². The molecule has 0 saturated carbocycles. The molecule has 3 nitrogen and oxygen atoms in total. The third kappa shape index (κ3) is 1.41. The van der Waals surface area contributed by atoms with Crippen LogP contribution in [0.15, 0.2) is 0 Å². The summed E-state index contributed by atoms with van der Waals surface area (Å²) in [6.45, 7) is 2.12. The molecule has 0 aromatic carbocycles. The number of rotatable bonds is 1. The lowest BCUT2D eigenvalue weighted by atomic mass is 10.1. The van der Waals surface area contributed by atoms with Gasteiger partial charge in [0.2, 0.25) is 0 Å². The molecule has 1 heterocycles. The van der Waals surface area contributed by atoms with Crippen molar-refractivity contribution in [2.75, 3.05) is 6.61 Å². The van der Waals surface area contributed by atoms with Gasteiger partial charge in [-0.3, -0.25) is 0 Å². The Kier molecular flexibility index (Phi) is 2.05. The van der Waals surface area contributed by atoms with Crippen LogP contribution in [0.3, 0.4) is 0 Å². The molecule has 0 aliphatic carbocycles. The maximum absolute atomic E-state index is 8.62. The van der Waals surface area contributed by atoms with E-state index in [-0.39, 0.29) is 18.9 Å². The fraction of sp³-hybridized carbons (Fsp3) is 1.00. The maximum Gasteiger partial charge on any atom is 0.108 e. The molecule has 0 amide bonds. The molecule has 0 spiro atoms. The smallest absolute Gasteiger partial charge is 0.108 e. The first kappa shape index (κ1) is 6.99. The van der Waals surface area contributed by atoms with Gasteiger partial charge < -0.3 is 15.6 Å². The summed E-state index contributed by atoms with van der Waals surface area (Å²) in [6, 6.07) is 0. The summed E-state index contributed by atoms with van der Waals surface area (Å²) in [5, 5.41) is 8.62. The van der Waals surface area contributed by atoms with Crippen molar-refractivity contribution in [2.45, 2.75) is 25.7 Å². The number of hydrogen-bond acceptors (Lipinski definition) is 3. The molecule has 1 saturated heterocycles. The van der Waals surface area contributed by atoms with Crippen molar-refractivity contribution in [2.24, 2.45) is 11.7 Å². The standard InChI is InChI=1S/C6H13NO2/c1-4-2-5(3-8)9-6(4)7/h4-6,8H,2-3,7H2,1H3/t4-,5-,6+/m0/s1. The van der Waals surface area contributed by atoms with E-state index in [0.29, 0.717) is 5.92 Å². The van der Waals surface area contributed by atoms with Crippen LogP contribution in [-0.2, 0) is 4.74 Å². The molecule has 0 radical (unpaired) electrons. The number of hydrogen-bond donors (Lipinski definition) is 2. The number of aliphatic hydroxyl groups is 1. The quantitative estimate of drug-likeness (QED) is 0.513. The molecule has 54 valence electrons. The van der Waals surface area contributed by atoms with Gasteiger partial charge in [0.1, 0.15) is 6.23 Å². The molecule has 0 aromatic rings. The highest BCUT2D eigenvalue weighted by atomic mass is 16.5. The summed E-state index contributed by atoms with van der Waals surface area (Å²) < 4.78 is 5.15. The van der Waals surface area contributed by atoms with Crippen molar-refractivity contribution >= 4 is 0 Å². The van der Waals surface area contributed by atoms with Crippen LogP contribution < -0.4 is 5.73 Å². The van der Waals surface area contributed by atoms with Gasteiger partial charge in [-0.25, -0.2) is 0 Å². The molecule has 3 atom stereocenters. The lowest BCUT2D eigenvalue weighted by Crippen LogP contribution is -2.25. The van der Waals surface area contributed by atoms with Gasteiger partial charge in [-0.2, -0.15) is 0 Å². The van der Waals surface area contributed by atoms with Gasteiger partial charge in [0.25, 0.3) is 0 Å². The molecule has 3 heteroatoms. The van der Waals surface area contributed by atoms with E-state index in [9.17, 15) is 0 Å². The predicted octanol–water partition coefficient (Wildman–Crippen LogP) is -0.312. The van der Waals surface area contributed by atoms with Gasteiger partial charge in [-0.1, -0.05) is 6.92 Å². The normalized spacial score (nSPS) is 43.7. The van der Waals surface area contributed by atoms with Crippen LogP contribution in [0.5, 0.6) is 0 Å². The van der Waals surface area contributed by atoms with E-state index in [1.165, 1.54) is 0 Å². The van der Waals surface area contributed by atoms with Crippen LogP contribution in [0.1, 0.15) is 13.3 Å². The second-order valence-electron chi connectivity index (χ2n) is 2.62. The monoisotopic (exact) mass is 131 g/mol. The Morgan fingerprint density at radius 3 is 2.67 bits per heavy atom. The molecule has 1 aliphatic heterocycles. The fourth-order valence-electron chi connectivity index (χ4n) is 1.08. The largest absolute Gasteiger partial charge is 0.394 e. The minimum absolute atomic E-state index is 0.0185. The zero-order chi connectivity index (χ0) is 6.85. The average molecular weight is 131 g/mol. The maximum atomic E-state index is 8.62. The second-order valence-corrected chi connectivity index (χ2v) is 2.62. The van der Waals surface area contributed by atoms with Crippen molar-refractivity contribution in [3.8, 4) is 0 Å². The van der Waals surface area contributed by atoms with Crippen LogP contribution in [0, 0.1) is 5.92 Å². The second kappa shape index (κ2) is 2.64. The van der Waals surface area contributed by atoms with Crippen molar-refractivity contribution < 1.29 is 9.84 Å². The number of aliphatic hydroxyl groups excluding tert-OH is 1. The lowest BCUT2D eigenvalue weighted by Gasteiger charge is -2.06. The average Bonchev–Trinajstić information content (AvgIpc) is 2.13. The van der Waals surface area contributed by atoms with Gasteiger partial charge in [0.05, 0.1) is 12.7 Å². The Bertz CT molecular complexity index is 87.1. The first-order valence-electron chi connectivity index (χ1n) is 3.26. The summed E-state index contributed by atoms with van der Waals surface area (Å²) in [5.41, 5.74) is 5.51. The van der Waals surface area contributed by atoms with E-state index in [2.05, 4.69) is 0 Å².